The summed E-state index contributed by atoms with van der Waals surface area (Å²) in [6.45, 7) is 4.47. The molecule has 2 aromatic rings. The van der Waals surface area contributed by atoms with Crippen molar-refractivity contribution in [3.8, 4) is 17.3 Å². The summed E-state index contributed by atoms with van der Waals surface area (Å²) in [5.41, 5.74) is 2.75. The van der Waals surface area contributed by atoms with Gasteiger partial charge in [-0.15, -0.1) is 0 Å². The van der Waals surface area contributed by atoms with E-state index in [0.717, 1.165) is 5.56 Å². The molecule has 0 saturated heterocycles. The average Bonchev–Trinajstić information content (AvgIpc) is 2.40. The van der Waals surface area contributed by atoms with E-state index < -0.39 is 0 Å². The fourth-order valence-corrected chi connectivity index (χ4v) is 1.93. The van der Waals surface area contributed by atoms with Crippen LogP contribution in [-0.4, -0.2) is 11.5 Å². The van der Waals surface area contributed by atoms with Crippen molar-refractivity contribution in [3.63, 3.8) is 0 Å². The van der Waals surface area contributed by atoms with Crippen LogP contribution >= 0.6 is 0 Å². The Hall–Kier alpha value is -2.41. The second-order valence-corrected chi connectivity index (χ2v) is 4.20. The molecule has 1 aromatic carbocycles. The van der Waals surface area contributed by atoms with Crippen LogP contribution in [0.15, 0.2) is 30.3 Å². The fraction of sp³-hybridized carbons (Fsp3) is 0.200. The number of nitrogens with zero attached hydrogens (tertiary/aromatic N) is 2. The Bertz CT molecular complexity index is 644. The summed E-state index contributed by atoms with van der Waals surface area (Å²) in [6.07, 6.45) is 0. The third kappa shape index (κ3) is 2.71. The second kappa shape index (κ2) is 5.49. The first-order valence-corrected chi connectivity index (χ1v) is 6.07. The van der Waals surface area contributed by atoms with Gasteiger partial charge in [0.15, 0.2) is 0 Å². The number of pyridine rings is 1. The molecule has 0 spiro atoms. The van der Waals surface area contributed by atoms with Gasteiger partial charge in [-0.05, 0) is 37.6 Å². The first-order valence-electron chi connectivity index (χ1n) is 6.07. The lowest BCUT2D eigenvalue weighted by Crippen LogP contribution is -2.04. The Morgan fingerprint density at radius 3 is 2.79 bits per heavy atom. The molecule has 0 fully saturated rings. The molecule has 1 heterocycles. The monoisotopic (exact) mass is 255 g/mol. The van der Waals surface area contributed by atoms with Crippen molar-refractivity contribution in [2.75, 3.05) is 11.9 Å². The molecule has 1 aromatic heterocycles. The first-order chi connectivity index (χ1) is 9.15. The molecule has 1 N–H and O–H groups in total. The number of nitriles is 1. The second-order valence-electron chi connectivity index (χ2n) is 4.20. The minimum atomic E-state index is -0.298. The van der Waals surface area contributed by atoms with E-state index in [4.69, 9.17) is 5.26 Å². The van der Waals surface area contributed by atoms with E-state index >= 15 is 0 Å². The summed E-state index contributed by atoms with van der Waals surface area (Å²) >= 11 is 0. The van der Waals surface area contributed by atoms with Gasteiger partial charge in [0.2, 0.25) is 0 Å². The van der Waals surface area contributed by atoms with Gasteiger partial charge in [-0.3, -0.25) is 0 Å². The number of aryl methyl sites for hydroxylation is 1. The Morgan fingerprint density at radius 2 is 2.16 bits per heavy atom. The van der Waals surface area contributed by atoms with E-state index in [1.807, 2.05) is 13.8 Å². The summed E-state index contributed by atoms with van der Waals surface area (Å²) in [5.74, 6) is 0.239. The van der Waals surface area contributed by atoms with Gasteiger partial charge < -0.3 is 5.32 Å². The predicted molar refractivity (Wildman–Crippen MR) is 73.2 cm³/mol. The van der Waals surface area contributed by atoms with Crippen LogP contribution in [0.3, 0.4) is 0 Å². The molecule has 0 unspecified atom stereocenters. The molecule has 0 amide bonds. The van der Waals surface area contributed by atoms with Gasteiger partial charge in [0, 0.05) is 12.1 Å². The summed E-state index contributed by atoms with van der Waals surface area (Å²) in [5, 5.41) is 12.1. The number of rotatable bonds is 3. The van der Waals surface area contributed by atoms with Crippen LogP contribution < -0.4 is 5.32 Å². The molecule has 0 aliphatic rings. The first kappa shape index (κ1) is 13.0. The third-order valence-corrected chi connectivity index (χ3v) is 2.78. The van der Waals surface area contributed by atoms with Crippen molar-refractivity contribution in [1.82, 2.24) is 4.98 Å². The van der Waals surface area contributed by atoms with Crippen LogP contribution in [0.4, 0.5) is 10.2 Å². The Kier molecular flexibility index (Phi) is 3.76. The minimum absolute atomic E-state index is 0.298. The highest BCUT2D eigenvalue weighted by molar-refractivity contribution is 5.68. The lowest BCUT2D eigenvalue weighted by atomic mass is 10.0. The van der Waals surface area contributed by atoms with Gasteiger partial charge in [0.25, 0.3) is 0 Å². The highest BCUT2D eigenvalue weighted by atomic mass is 19.1. The van der Waals surface area contributed by atoms with Crippen molar-refractivity contribution < 1.29 is 4.39 Å². The Morgan fingerprint density at radius 1 is 1.37 bits per heavy atom. The number of hydrogen-bond donors (Lipinski definition) is 1. The van der Waals surface area contributed by atoms with Crippen molar-refractivity contribution >= 4 is 5.82 Å². The molecule has 2 rings (SSSR count). The van der Waals surface area contributed by atoms with E-state index in [9.17, 15) is 4.39 Å². The number of nitrogens with one attached hydrogen (secondary N) is 1. The van der Waals surface area contributed by atoms with Gasteiger partial charge in [-0.1, -0.05) is 12.1 Å². The fourth-order valence-electron chi connectivity index (χ4n) is 1.93. The van der Waals surface area contributed by atoms with Crippen LogP contribution in [0.5, 0.6) is 0 Å². The van der Waals surface area contributed by atoms with Gasteiger partial charge in [-0.2, -0.15) is 5.26 Å². The molecule has 0 aliphatic heterocycles. The van der Waals surface area contributed by atoms with Crippen LogP contribution in [0.1, 0.15) is 18.1 Å². The highest BCUT2D eigenvalue weighted by Crippen LogP contribution is 2.26. The van der Waals surface area contributed by atoms with Gasteiger partial charge in [0.05, 0.1) is 11.3 Å². The number of anilines is 1. The normalized spacial score (nSPS) is 10.0. The minimum Gasteiger partial charge on any atom is -0.369 e. The van der Waals surface area contributed by atoms with E-state index in [-0.39, 0.29) is 5.82 Å². The van der Waals surface area contributed by atoms with Crippen LogP contribution in [0, 0.1) is 24.1 Å². The van der Waals surface area contributed by atoms with Crippen molar-refractivity contribution in [2.45, 2.75) is 13.8 Å². The van der Waals surface area contributed by atoms with Crippen molar-refractivity contribution in [2.24, 2.45) is 0 Å². The number of halogens is 1. The van der Waals surface area contributed by atoms with Gasteiger partial charge in [-0.25, -0.2) is 9.37 Å². The van der Waals surface area contributed by atoms with Gasteiger partial charge in [0.1, 0.15) is 17.7 Å². The lowest BCUT2D eigenvalue weighted by molar-refractivity contribution is 0.628. The number of aromatic nitrogens is 1. The zero-order valence-electron chi connectivity index (χ0n) is 10.9. The zero-order valence-corrected chi connectivity index (χ0v) is 10.9. The van der Waals surface area contributed by atoms with E-state index in [0.29, 0.717) is 29.2 Å². The third-order valence-electron chi connectivity index (χ3n) is 2.78. The smallest absolute Gasteiger partial charge is 0.144 e. The Labute approximate surface area is 111 Å². The highest BCUT2D eigenvalue weighted by Gasteiger charge is 2.10. The van der Waals surface area contributed by atoms with E-state index in [2.05, 4.69) is 16.4 Å². The standard InChI is InChI=1S/C15H14FN3/c1-3-18-15-12(9-17)7-10(2)14(19-15)11-5-4-6-13(16)8-11/h4-8H,3H2,1-2H3,(H,18,19). The predicted octanol–water partition coefficient (Wildman–Crippen LogP) is 3.50. The van der Waals surface area contributed by atoms with E-state index in [1.54, 1.807) is 18.2 Å². The molecule has 0 atom stereocenters. The summed E-state index contributed by atoms with van der Waals surface area (Å²) in [7, 11) is 0. The lowest BCUT2D eigenvalue weighted by Gasteiger charge is -2.11. The molecular formula is C15H14FN3. The molecule has 3 nitrogen and oxygen atoms in total. The molecule has 4 heteroatoms. The number of benzene rings is 1. The summed E-state index contributed by atoms with van der Waals surface area (Å²) in [4.78, 5) is 4.44. The van der Waals surface area contributed by atoms with Crippen LogP contribution in [0.2, 0.25) is 0 Å². The zero-order chi connectivity index (χ0) is 13.8. The average molecular weight is 255 g/mol. The topological polar surface area (TPSA) is 48.7 Å². The van der Waals surface area contributed by atoms with Gasteiger partial charge >= 0.3 is 0 Å². The van der Waals surface area contributed by atoms with Crippen LogP contribution in [0.25, 0.3) is 11.3 Å². The Balaban J connectivity index is 2.58. The summed E-state index contributed by atoms with van der Waals surface area (Å²) in [6, 6.07) is 10.2. The summed E-state index contributed by atoms with van der Waals surface area (Å²) < 4.78 is 13.3. The van der Waals surface area contributed by atoms with Crippen LogP contribution in [-0.2, 0) is 0 Å². The number of hydrogen-bond acceptors (Lipinski definition) is 3. The van der Waals surface area contributed by atoms with Crippen molar-refractivity contribution in [1.29, 1.82) is 5.26 Å². The maximum atomic E-state index is 13.3. The molecule has 0 aliphatic carbocycles. The van der Waals surface area contributed by atoms with Crippen molar-refractivity contribution in [3.05, 3.63) is 47.3 Å². The van der Waals surface area contributed by atoms with E-state index in [1.165, 1.54) is 12.1 Å². The largest absolute Gasteiger partial charge is 0.369 e. The molecule has 19 heavy (non-hydrogen) atoms. The SMILES string of the molecule is CCNc1nc(-c2cccc(F)c2)c(C)cc1C#N. The molecule has 0 saturated carbocycles. The molecule has 96 valence electrons. The maximum absolute atomic E-state index is 13.3. The molecule has 0 bridgehead atoms. The maximum Gasteiger partial charge on any atom is 0.144 e. The quantitative estimate of drug-likeness (QED) is 0.913. The molecule has 0 radical (unpaired) electrons. The molecular weight excluding hydrogens is 241 g/mol.